The first kappa shape index (κ1) is 21.9. The number of amides is 1. The second-order valence-corrected chi connectivity index (χ2v) is 6.50. The summed E-state index contributed by atoms with van der Waals surface area (Å²) in [5, 5.41) is 9.56. The van der Waals surface area contributed by atoms with E-state index in [0.29, 0.717) is 24.7 Å². The Morgan fingerprint density at radius 1 is 1.28 bits per heavy atom. The first-order valence-electron chi connectivity index (χ1n) is 8.37. The maximum atomic E-state index is 12.1. The Hall–Kier alpha value is -1.15. The fourth-order valence-corrected chi connectivity index (χ4v) is 2.90. The Kier molecular flexibility index (Phi) is 8.85. The molecule has 2 aliphatic heterocycles. The van der Waals surface area contributed by atoms with Crippen LogP contribution in [0, 0.1) is 5.92 Å². The van der Waals surface area contributed by atoms with Crippen LogP contribution in [0.1, 0.15) is 35.7 Å². The normalized spacial score (nSPS) is 19.3. The summed E-state index contributed by atoms with van der Waals surface area (Å²) in [6.45, 7) is 8.02. The minimum Gasteiger partial charge on any atom is -0.374 e. The van der Waals surface area contributed by atoms with Gasteiger partial charge in [-0.2, -0.15) is 0 Å². The van der Waals surface area contributed by atoms with E-state index >= 15 is 0 Å². The predicted octanol–water partition coefficient (Wildman–Crippen LogP) is 1.20. The van der Waals surface area contributed by atoms with Gasteiger partial charge in [-0.1, -0.05) is 13.8 Å². The van der Waals surface area contributed by atoms with Crippen LogP contribution in [0.25, 0.3) is 0 Å². The zero-order valence-electron chi connectivity index (χ0n) is 14.6. The van der Waals surface area contributed by atoms with E-state index in [1.165, 1.54) is 0 Å². The number of hydrogen-bond acceptors (Lipinski definition) is 6. The van der Waals surface area contributed by atoms with E-state index in [-0.39, 0.29) is 36.8 Å². The van der Waals surface area contributed by atoms with Crippen molar-refractivity contribution in [3.63, 3.8) is 0 Å². The summed E-state index contributed by atoms with van der Waals surface area (Å²) in [5.74, 6) is 1.85. The van der Waals surface area contributed by atoms with Gasteiger partial charge < -0.3 is 20.7 Å². The quantitative estimate of drug-likeness (QED) is 0.698. The molecule has 1 saturated heterocycles. The summed E-state index contributed by atoms with van der Waals surface area (Å²) in [5.41, 5.74) is 1.44. The van der Waals surface area contributed by atoms with E-state index < -0.39 is 0 Å². The van der Waals surface area contributed by atoms with Gasteiger partial charge in [0.15, 0.2) is 0 Å². The summed E-state index contributed by atoms with van der Waals surface area (Å²) >= 11 is 0. The van der Waals surface area contributed by atoms with Crippen molar-refractivity contribution in [3.8, 4) is 0 Å². The van der Waals surface area contributed by atoms with E-state index in [2.05, 4.69) is 39.8 Å². The van der Waals surface area contributed by atoms with Crippen LogP contribution in [0.5, 0.6) is 0 Å². The molecule has 0 aliphatic carbocycles. The smallest absolute Gasteiger partial charge is 0.270 e. The number of anilines is 1. The Morgan fingerprint density at radius 3 is 2.76 bits per heavy atom. The highest BCUT2D eigenvalue weighted by Crippen LogP contribution is 2.21. The number of ether oxygens (including phenoxy) is 1. The SMILES string of the molecule is CC(C)Cc1nc(NCC2CNCCO2)c2c(n1)C(=O)NCC2.Cl.Cl. The van der Waals surface area contributed by atoms with Crippen LogP contribution in [0.4, 0.5) is 5.82 Å². The zero-order valence-corrected chi connectivity index (χ0v) is 16.3. The molecule has 1 atom stereocenters. The number of fused-ring (bicyclic) bond motifs is 1. The van der Waals surface area contributed by atoms with Crippen LogP contribution in [0.3, 0.4) is 0 Å². The number of hydrogen-bond donors (Lipinski definition) is 3. The van der Waals surface area contributed by atoms with Gasteiger partial charge in [-0.25, -0.2) is 9.97 Å². The van der Waals surface area contributed by atoms with Crippen LogP contribution >= 0.6 is 24.8 Å². The van der Waals surface area contributed by atoms with Gasteiger partial charge in [0.25, 0.3) is 5.91 Å². The van der Waals surface area contributed by atoms with Crippen LogP contribution in [-0.4, -0.2) is 54.8 Å². The molecular formula is C16H27Cl2N5O2. The molecule has 1 aromatic rings. The molecule has 25 heavy (non-hydrogen) atoms. The van der Waals surface area contributed by atoms with Gasteiger partial charge in [0, 0.05) is 38.2 Å². The van der Waals surface area contributed by atoms with Gasteiger partial charge in [0.2, 0.25) is 0 Å². The lowest BCUT2D eigenvalue weighted by Gasteiger charge is -2.25. The van der Waals surface area contributed by atoms with E-state index in [0.717, 1.165) is 49.7 Å². The summed E-state index contributed by atoms with van der Waals surface area (Å²) < 4.78 is 5.71. The molecule has 1 amide bonds. The third-order valence-corrected chi connectivity index (χ3v) is 4.02. The molecule has 1 aromatic heterocycles. The van der Waals surface area contributed by atoms with Crippen molar-refractivity contribution in [2.75, 3.05) is 38.1 Å². The molecule has 0 radical (unpaired) electrons. The molecule has 2 aliphatic rings. The predicted molar refractivity (Wildman–Crippen MR) is 102 cm³/mol. The standard InChI is InChI=1S/C16H25N5O2.2ClH/c1-10(2)7-13-20-14-12(3-4-18-16(14)22)15(21-13)19-9-11-8-17-5-6-23-11;;/h10-11,17H,3-9H2,1-2H3,(H,18,22)(H,19,20,21);2*1H. The van der Waals surface area contributed by atoms with Crippen molar-refractivity contribution in [1.82, 2.24) is 20.6 Å². The topological polar surface area (TPSA) is 88.2 Å². The number of aromatic nitrogens is 2. The Balaban J connectivity index is 0.00000156. The lowest BCUT2D eigenvalue weighted by Crippen LogP contribution is -2.42. The second-order valence-electron chi connectivity index (χ2n) is 6.50. The largest absolute Gasteiger partial charge is 0.374 e. The average molecular weight is 392 g/mol. The van der Waals surface area contributed by atoms with Gasteiger partial charge in [-0.05, 0) is 12.3 Å². The molecule has 3 heterocycles. The molecule has 3 N–H and O–H groups in total. The molecule has 1 unspecified atom stereocenters. The summed E-state index contributed by atoms with van der Waals surface area (Å²) in [6.07, 6.45) is 1.65. The number of morpholine rings is 1. The molecular weight excluding hydrogens is 365 g/mol. The summed E-state index contributed by atoms with van der Waals surface area (Å²) in [7, 11) is 0. The Labute approximate surface area is 160 Å². The van der Waals surface area contributed by atoms with E-state index in [1.807, 2.05) is 0 Å². The number of halogens is 2. The monoisotopic (exact) mass is 391 g/mol. The first-order valence-corrected chi connectivity index (χ1v) is 8.37. The molecule has 0 aromatic carbocycles. The molecule has 3 rings (SSSR count). The third-order valence-electron chi connectivity index (χ3n) is 4.02. The highest BCUT2D eigenvalue weighted by Gasteiger charge is 2.24. The molecule has 0 bridgehead atoms. The summed E-state index contributed by atoms with van der Waals surface area (Å²) in [4.78, 5) is 21.3. The van der Waals surface area contributed by atoms with Gasteiger partial charge in [0.1, 0.15) is 17.3 Å². The molecule has 0 spiro atoms. The minimum absolute atomic E-state index is 0. The maximum absolute atomic E-state index is 12.1. The lowest BCUT2D eigenvalue weighted by atomic mass is 10.0. The van der Waals surface area contributed by atoms with Crippen molar-refractivity contribution >= 4 is 36.5 Å². The van der Waals surface area contributed by atoms with Crippen molar-refractivity contribution in [1.29, 1.82) is 0 Å². The summed E-state index contributed by atoms with van der Waals surface area (Å²) in [6, 6.07) is 0. The maximum Gasteiger partial charge on any atom is 0.270 e. The van der Waals surface area contributed by atoms with Crippen molar-refractivity contribution < 1.29 is 9.53 Å². The van der Waals surface area contributed by atoms with Crippen LogP contribution < -0.4 is 16.0 Å². The average Bonchev–Trinajstić information content (AvgIpc) is 2.54. The zero-order chi connectivity index (χ0) is 16.2. The van der Waals surface area contributed by atoms with E-state index in [4.69, 9.17) is 4.74 Å². The third kappa shape index (κ3) is 5.67. The minimum atomic E-state index is -0.0997. The fraction of sp³-hybridized carbons (Fsp3) is 0.688. The highest BCUT2D eigenvalue weighted by molar-refractivity contribution is 5.96. The van der Waals surface area contributed by atoms with E-state index in [1.54, 1.807) is 0 Å². The molecule has 9 heteroatoms. The number of nitrogens with zero attached hydrogens (tertiary/aromatic N) is 2. The Morgan fingerprint density at radius 2 is 2.08 bits per heavy atom. The van der Waals surface area contributed by atoms with Crippen molar-refractivity contribution in [2.24, 2.45) is 5.92 Å². The van der Waals surface area contributed by atoms with E-state index in [9.17, 15) is 4.79 Å². The number of rotatable bonds is 5. The number of carbonyl (C=O) groups excluding carboxylic acids is 1. The molecule has 142 valence electrons. The Bertz CT molecular complexity index is 580. The van der Waals surface area contributed by atoms with Crippen LogP contribution in [-0.2, 0) is 17.6 Å². The van der Waals surface area contributed by atoms with Crippen LogP contribution in [0.15, 0.2) is 0 Å². The van der Waals surface area contributed by atoms with Crippen LogP contribution in [0.2, 0.25) is 0 Å². The lowest BCUT2D eigenvalue weighted by molar-refractivity contribution is 0.0371. The van der Waals surface area contributed by atoms with Gasteiger partial charge >= 0.3 is 0 Å². The molecule has 1 fully saturated rings. The fourth-order valence-electron chi connectivity index (χ4n) is 2.90. The molecule has 0 saturated carbocycles. The first-order chi connectivity index (χ1) is 11.1. The van der Waals surface area contributed by atoms with Gasteiger partial charge in [-0.3, -0.25) is 4.79 Å². The van der Waals surface area contributed by atoms with Gasteiger partial charge in [-0.15, -0.1) is 24.8 Å². The van der Waals surface area contributed by atoms with Crippen molar-refractivity contribution in [2.45, 2.75) is 32.8 Å². The van der Waals surface area contributed by atoms with Gasteiger partial charge in [0.05, 0.1) is 12.7 Å². The second kappa shape index (κ2) is 10.1. The molecule has 7 nitrogen and oxygen atoms in total. The van der Waals surface area contributed by atoms with Crippen molar-refractivity contribution in [3.05, 3.63) is 17.1 Å². The number of nitrogens with one attached hydrogen (secondary N) is 3. The number of carbonyl (C=O) groups is 1. The highest BCUT2D eigenvalue weighted by atomic mass is 35.5.